The van der Waals surface area contributed by atoms with E-state index in [9.17, 15) is 8.42 Å². The van der Waals surface area contributed by atoms with Crippen molar-refractivity contribution >= 4 is 10.0 Å². The molecule has 0 saturated carbocycles. The third kappa shape index (κ3) is 3.54. The highest BCUT2D eigenvalue weighted by molar-refractivity contribution is 7.89. The second kappa shape index (κ2) is 6.68. The number of rotatable bonds is 5. The molecule has 2 aromatic rings. The third-order valence-electron chi connectivity index (χ3n) is 4.11. The maximum atomic E-state index is 12.7. The standard InChI is InChI=1S/C17H20N2O3S/c1-22-16-9-14-6-2-3-7-15(14)10-17(16)23(20,21)19-12-13-5-4-8-18-11-13/h4-5,8-11,19H,2-3,6-7,12H2,1H3. The molecule has 0 atom stereocenters. The summed E-state index contributed by atoms with van der Waals surface area (Å²) >= 11 is 0. The molecule has 1 aromatic heterocycles. The van der Waals surface area contributed by atoms with Gasteiger partial charge in [0.15, 0.2) is 0 Å². The summed E-state index contributed by atoms with van der Waals surface area (Å²) in [6, 6.07) is 7.24. The van der Waals surface area contributed by atoms with Gasteiger partial charge in [0.1, 0.15) is 10.6 Å². The minimum Gasteiger partial charge on any atom is -0.495 e. The summed E-state index contributed by atoms with van der Waals surface area (Å²) in [5.41, 5.74) is 3.12. The molecule has 0 spiro atoms. The van der Waals surface area contributed by atoms with E-state index in [4.69, 9.17) is 4.74 Å². The first-order valence-electron chi connectivity index (χ1n) is 7.68. The molecule has 1 aliphatic carbocycles. The van der Waals surface area contributed by atoms with Crippen molar-refractivity contribution in [1.82, 2.24) is 9.71 Å². The molecular weight excluding hydrogens is 312 g/mol. The van der Waals surface area contributed by atoms with Crippen LogP contribution in [0.1, 0.15) is 29.5 Å². The number of aryl methyl sites for hydroxylation is 2. The fourth-order valence-electron chi connectivity index (χ4n) is 2.87. The minimum atomic E-state index is -3.64. The number of fused-ring (bicyclic) bond motifs is 1. The molecule has 5 nitrogen and oxygen atoms in total. The van der Waals surface area contributed by atoms with Crippen molar-refractivity contribution in [2.45, 2.75) is 37.1 Å². The van der Waals surface area contributed by atoms with Gasteiger partial charge in [-0.25, -0.2) is 13.1 Å². The van der Waals surface area contributed by atoms with Crippen LogP contribution < -0.4 is 9.46 Å². The van der Waals surface area contributed by atoms with Gasteiger partial charge in [-0.1, -0.05) is 6.07 Å². The number of pyridine rings is 1. The largest absolute Gasteiger partial charge is 0.495 e. The monoisotopic (exact) mass is 332 g/mol. The van der Waals surface area contributed by atoms with E-state index in [-0.39, 0.29) is 11.4 Å². The van der Waals surface area contributed by atoms with Crippen molar-refractivity contribution in [3.63, 3.8) is 0 Å². The Morgan fingerprint density at radius 2 is 1.96 bits per heavy atom. The van der Waals surface area contributed by atoms with Crippen LogP contribution in [-0.4, -0.2) is 20.5 Å². The molecule has 23 heavy (non-hydrogen) atoms. The average Bonchev–Trinajstić information content (AvgIpc) is 2.60. The Balaban J connectivity index is 1.89. The summed E-state index contributed by atoms with van der Waals surface area (Å²) < 4.78 is 33.3. The maximum absolute atomic E-state index is 12.7. The van der Waals surface area contributed by atoms with Crippen molar-refractivity contribution in [3.05, 3.63) is 53.3 Å². The van der Waals surface area contributed by atoms with Crippen molar-refractivity contribution in [1.29, 1.82) is 0 Å². The van der Waals surface area contributed by atoms with Crippen molar-refractivity contribution in [2.75, 3.05) is 7.11 Å². The molecule has 0 radical (unpaired) electrons. The van der Waals surface area contributed by atoms with E-state index >= 15 is 0 Å². The summed E-state index contributed by atoms with van der Waals surface area (Å²) in [6.45, 7) is 0.205. The van der Waals surface area contributed by atoms with Gasteiger partial charge in [-0.3, -0.25) is 4.98 Å². The van der Waals surface area contributed by atoms with E-state index in [1.54, 1.807) is 24.5 Å². The molecule has 1 aromatic carbocycles. The van der Waals surface area contributed by atoms with E-state index < -0.39 is 10.0 Å². The Morgan fingerprint density at radius 1 is 1.22 bits per heavy atom. The number of hydrogen-bond acceptors (Lipinski definition) is 4. The molecule has 1 aliphatic rings. The van der Waals surface area contributed by atoms with E-state index in [2.05, 4.69) is 9.71 Å². The number of ether oxygens (including phenoxy) is 1. The van der Waals surface area contributed by atoms with Crippen LogP contribution in [0.2, 0.25) is 0 Å². The Bertz CT molecular complexity index is 789. The topological polar surface area (TPSA) is 68.3 Å². The number of nitrogens with one attached hydrogen (secondary N) is 1. The zero-order valence-electron chi connectivity index (χ0n) is 13.1. The molecule has 1 N–H and O–H groups in total. The fraction of sp³-hybridized carbons (Fsp3) is 0.353. The van der Waals surface area contributed by atoms with Gasteiger partial charge in [0.2, 0.25) is 10.0 Å². The molecular formula is C17H20N2O3S. The van der Waals surface area contributed by atoms with E-state index in [1.807, 2.05) is 12.1 Å². The highest BCUT2D eigenvalue weighted by atomic mass is 32.2. The molecule has 3 rings (SSSR count). The van der Waals surface area contributed by atoms with Gasteiger partial charge in [-0.05, 0) is 60.6 Å². The van der Waals surface area contributed by atoms with Crippen LogP contribution in [0.3, 0.4) is 0 Å². The van der Waals surface area contributed by atoms with E-state index in [0.29, 0.717) is 5.75 Å². The molecule has 0 saturated heterocycles. The minimum absolute atomic E-state index is 0.205. The van der Waals surface area contributed by atoms with Gasteiger partial charge in [0, 0.05) is 18.9 Å². The van der Waals surface area contributed by atoms with Gasteiger partial charge in [0.25, 0.3) is 0 Å². The van der Waals surface area contributed by atoms with Gasteiger partial charge in [-0.15, -0.1) is 0 Å². The summed E-state index contributed by atoms with van der Waals surface area (Å²) in [7, 11) is -2.13. The molecule has 0 aliphatic heterocycles. The zero-order chi connectivity index (χ0) is 16.3. The van der Waals surface area contributed by atoms with Crippen molar-refractivity contribution in [2.24, 2.45) is 0 Å². The highest BCUT2D eigenvalue weighted by Gasteiger charge is 2.23. The van der Waals surface area contributed by atoms with E-state index in [0.717, 1.165) is 36.8 Å². The summed E-state index contributed by atoms with van der Waals surface area (Å²) in [5.74, 6) is 0.407. The fourth-order valence-corrected chi connectivity index (χ4v) is 4.09. The lowest BCUT2D eigenvalue weighted by Gasteiger charge is -2.19. The first kappa shape index (κ1) is 16.0. The number of sulfonamides is 1. The van der Waals surface area contributed by atoms with E-state index in [1.165, 1.54) is 12.7 Å². The van der Waals surface area contributed by atoms with Gasteiger partial charge >= 0.3 is 0 Å². The normalized spacial score (nSPS) is 14.3. The molecule has 1 heterocycles. The maximum Gasteiger partial charge on any atom is 0.244 e. The second-order valence-electron chi connectivity index (χ2n) is 5.66. The van der Waals surface area contributed by atoms with Crippen LogP contribution in [0, 0.1) is 0 Å². The average molecular weight is 332 g/mol. The first-order chi connectivity index (χ1) is 11.1. The Labute approximate surface area is 136 Å². The highest BCUT2D eigenvalue weighted by Crippen LogP contribution is 2.31. The number of methoxy groups -OCH3 is 1. The lowest BCUT2D eigenvalue weighted by Crippen LogP contribution is -2.24. The summed E-state index contributed by atoms with van der Waals surface area (Å²) in [4.78, 5) is 4.20. The molecule has 0 unspecified atom stereocenters. The van der Waals surface area contributed by atoms with Crippen LogP contribution >= 0.6 is 0 Å². The number of benzene rings is 1. The first-order valence-corrected chi connectivity index (χ1v) is 9.17. The van der Waals surface area contributed by atoms with Gasteiger partial charge < -0.3 is 4.74 Å². The SMILES string of the molecule is COc1cc2c(cc1S(=O)(=O)NCc1cccnc1)CCCC2. The molecule has 6 heteroatoms. The molecule has 122 valence electrons. The Morgan fingerprint density at radius 3 is 2.61 bits per heavy atom. The number of hydrogen-bond donors (Lipinski definition) is 1. The van der Waals surface area contributed by atoms with Crippen LogP contribution in [0.15, 0.2) is 41.6 Å². The Hall–Kier alpha value is -1.92. The van der Waals surface area contributed by atoms with Crippen LogP contribution in [0.25, 0.3) is 0 Å². The van der Waals surface area contributed by atoms with Gasteiger partial charge in [0.05, 0.1) is 7.11 Å². The predicted octanol–water partition coefficient (Wildman–Crippen LogP) is 2.45. The lowest BCUT2D eigenvalue weighted by molar-refractivity contribution is 0.401. The van der Waals surface area contributed by atoms with Crippen molar-refractivity contribution in [3.8, 4) is 5.75 Å². The zero-order valence-corrected chi connectivity index (χ0v) is 13.9. The lowest BCUT2D eigenvalue weighted by atomic mass is 9.92. The molecule has 0 bridgehead atoms. The number of aromatic nitrogens is 1. The van der Waals surface area contributed by atoms with Crippen LogP contribution in [0.5, 0.6) is 5.75 Å². The molecule has 0 fully saturated rings. The quantitative estimate of drug-likeness (QED) is 0.913. The van der Waals surface area contributed by atoms with Crippen LogP contribution in [-0.2, 0) is 29.4 Å². The van der Waals surface area contributed by atoms with Crippen LogP contribution in [0.4, 0.5) is 0 Å². The Kier molecular flexibility index (Phi) is 4.63. The third-order valence-corrected chi connectivity index (χ3v) is 5.53. The summed E-state index contributed by atoms with van der Waals surface area (Å²) in [5, 5.41) is 0. The smallest absolute Gasteiger partial charge is 0.244 e. The predicted molar refractivity (Wildman–Crippen MR) is 87.9 cm³/mol. The van der Waals surface area contributed by atoms with Crippen molar-refractivity contribution < 1.29 is 13.2 Å². The van der Waals surface area contributed by atoms with Gasteiger partial charge in [-0.2, -0.15) is 0 Å². The molecule has 0 amide bonds. The second-order valence-corrected chi connectivity index (χ2v) is 7.40. The summed E-state index contributed by atoms with van der Waals surface area (Å²) in [6.07, 6.45) is 7.44. The number of nitrogens with zero attached hydrogens (tertiary/aromatic N) is 1.